The molecule has 5 nitrogen and oxygen atoms in total. The van der Waals surface area contributed by atoms with Crippen LogP contribution in [0, 0.1) is 6.92 Å². The first kappa shape index (κ1) is 16.1. The molecule has 0 bridgehead atoms. The van der Waals surface area contributed by atoms with Gasteiger partial charge in [-0.1, -0.05) is 12.1 Å². The Balaban J connectivity index is 1.75. The minimum absolute atomic E-state index is 0.00123. The molecule has 2 rings (SSSR count). The van der Waals surface area contributed by atoms with Gasteiger partial charge in [0.05, 0.1) is 19.8 Å². The number of nitrogens with one attached hydrogen (secondary N) is 1. The van der Waals surface area contributed by atoms with Gasteiger partial charge in [-0.25, -0.2) is 0 Å². The van der Waals surface area contributed by atoms with Gasteiger partial charge in [0.25, 0.3) is 0 Å². The molecule has 0 saturated heterocycles. The highest BCUT2D eigenvalue weighted by Crippen LogP contribution is 2.15. The summed E-state index contributed by atoms with van der Waals surface area (Å²) in [5.74, 6) is 2.15. The lowest BCUT2D eigenvalue weighted by Crippen LogP contribution is -2.29. The molecule has 0 saturated carbocycles. The van der Waals surface area contributed by atoms with Gasteiger partial charge in [-0.05, 0) is 43.7 Å². The molecule has 0 radical (unpaired) electrons. The maximum Gasteiger partial charge on any atom is 0.246 e. The number of rotatable bonds is 7. The van der Waals surface area contributed by atoms with Crippen LogP contribution < -0.4 is 10.1 Å². The van der Waals surface area contributed by atoms with Crippen LogP contribution in [0.15, 0.2) is 40.8 Å². The fourth-order valence-corrected chi connectivity index (χ4v) is 2.06. The molecule has 1 amide bonds. The molecule has 22 heavy (non-hydrogen) atoms. The van der Waals surface area contributed by atoms with Gasteiger partial charge in [-0.3, -0.25) is 4.79 Å². The average molecular weight is 303 g/mol. The van der Waals surface area contributed by atoms with Crippen molar-refractivity contribution in [2.45, 2.75) is 26.5 Å². The van der Waals surface area contributed by atoms with Crippen LogP contribution in [-0.4, -0.2) is 19.6 Å². The van der Waals surface area contributed by atoms with Crippen LogP contribution in [0.1, 0.15) is 30.0 Å². The van der Waals surface area contributed by atoms with Crippen molar-refractivity contribution in [3.8, 4) is 5.75 Å². The van der Waals surface area contributed by atoms with Gasteiger partial charge in [-0.15, -0.1) is 0 Å². The van der Waals surface area contributed by atoms with E-state index in [4.69, 9.17) is 13.9 Å². The van der Waals surface area contributed by atoms with Gasteiger partial charge in [0, 0.05) is 0 Å². The summed E-state index contributed by atoms with van der Waals surface area (Å²) < 4.78 is 16.0. The number of benzene rings is 1. The van der Waals surface area contributed by atoms with Crippen LogP contribution in [0.3, 0.4) is 0 Å². The number of methoxy groups -OCH3 is 1. The summed E-state index contributed by atoms with van der Waals surface area (Å²) in [4.78, 5) is 11.8. The van der Waals surface area contributed by atoms with Crippen molar-refractivity contribution < 1.29 is 18.7 Å². The lowest BCUT2D eigenvalue weighted by Gasteiger charge is -2.12. The zero-order valence-electron chi connectivity index (χ0n) is 13.1. The van der Waals surface area contributed by atoms with Crippen LogP contribution in [-0.2, 0) is 16.1 Å². The van der Waals surface area contributed by atoms with Crippen molar-refractivity contribution in [1.82, 2.24) is 5.32 Å². The number of ether oxygens (including phenoxy) is 2. The van der Waals surface area contributed by atoms with Gasteiger partial charge in [-0.2, -0.15) is 0 Å². The monoisotopic (exact) mass is 303 g/mol. The summed E-state index contributed by atoms with van der Waals surface area (Å²) >= 11 is 0. The number of carbonyl (C=O) groups excluding carboxylic acids is 1. The number of hydrogen-bond donors (Lipinski definition) is 1. The van der Waals surface area contributed by atoms with Crippen molar-refractivity contribution in [2.24, 2.45) is 0 Å². The molecule has 0 fully saturated rings. The molecule has 1 unspecified atom stereocenters. The first-order valence-corrected chi connectivity index (χ1v) is 7.15. The molecule has 0 aliphatic carbocycles. The maximum atomic E-state index is 11.8. The summed E-state index contributed by atoms with van der Waals surface area (Å²) in [6.45, 7) is 4.10. The Hall–Kier alpha value is -2.27. The van der Waals surface area contributed by atoms with E-state index in [0.29, 0.717) is 6.61 Å². The van der Waals surface area contributed by atoms with E-state index in [1.54, 1.807) is 7.11 Å². The van der Waals surface area contributed by atoms with E-state index in [2.05, 4.69) is 5.32 Å². The zero-order chi connectivity index (χ0) is 15.9. The smallest absolute Gasteiger partial charge is 0.246 e. The summed E-state index contributed by atoms with van der Waals surface area (Å²) in [5.41, 5.74) is 0.960. The topological polar surface area (TPSA) is 60.7 Å². The quantitative estimate of drug-likeness (QED) is 0.854. The molecular formula is C17H21NO4. The van der Waals surface area contributed by atoms with Gasteiger partial charge in [0.2, 0.25) is 5.91 Å². The molecule has 5 heteroatoms. The van der Waals surface area contributed by atoms with Crippen molar-refractivity contribution in [3.05, 3.63) is 53.5 Å². The molecule has 2 aromatic rings. The van der Waals surface area contributed by atoms with Crippen LogP contribution in [0.5, 0.6) is 5.75 Å². The highest BCUT2D eigenvalue weighted by molar-refractivity contribution is 5.77. The highest BCUT2D eigenvalue weighted by atomic mass is 16.5. The molecule has 0 spiro atoms. The third-order valence-electron chi connectivity index (χ3n) is 3.20. The van der Waals surface area contributed by atoms with Crippen LogP contribution in [0.2, 0.25) is 0 Å². The largest absolute Gasteiger partial charge is 0.497 e. The number of hydrogen-bond acceptors (Lipinski definition) is 4. The molecule has 1 heterocycles. The fourth-order valence-electron chi connectivity index (χ4n) is 2.06. The Labute approximate surface area is 130 Å². The van der Waals surface area contributed by atoms with Crippen LogP contribution in [0.4, 0.5) is 0 Å². The number of amides is 1. The Morgan fingerprint density at radius 3 is 2.82 bits per heavy atom. The Kier molecular flexibility index (Phi) is 5.61. The molecule has 1 N–H and O–H groups in total. The predicted octanol–water partition coefficient (Wildman–Crippen LogP) is 2.99. The molecule has 118 valence electrons. The lowest BCUT2D eigenvalue weighted by molar-refractivity contribution is -0.126. The van der Waals surface area contributed by atoms with Gasteiger partial charge < -0.3 is 19.2 Å². The number of furan rings is 1. The third-order valence-corrected chi connectivity index (χ3v) is 3.20. The predicted molar refractivity (Wildman–Crippen MR) is 82.7 cm³/mol. The van der Waals surface area contributed by atoms with Gasteiger partial charge in [0.15, 0.2) is 0 Å². The summed E-state index contributed by atoms with van der Waals surface area (Å²) in [6.07, 6.45) is 0. The first-order valence-electron chi connectivity index (χ1n) is 7.15. The van der Waals surface area contributed by atoms with E-state index in [1.807, 2.05) is 50.2 Å². The normalized spacial score (nSPS) is 12.0. The van der Waals surface area contributed by atoms with Crippen molar-refractivity contribution in [1.29, 1.82) is 0 Å². The standard InChI is InChI=1S/C17H21NO4/c1-12-7-8-16(22-12)13(2)18-17(19)11-21-10-14-5-4-6-15(9-14)20-3/h4-9,13H,10-11H2,1-3H3,(H,18,19). The zero-order valence-corrected chi connectivity index (χ0v) is 13.1. The molecule has 1 aromatic heterocycles. The van der Waals surface area contributed by atoms with E-state index in [0.717, 1.165) is 22.8 Å². The minimum atomic E-state index is -0.179. The summed E-state index contributed by atoms with van der Waals surface area (Å²) in [7, 11) is 1.62. The fraction of sp³-hybridized carbons (Fsp3) is 0.353. The third kappa shape index (κ3) is 4.63. The maximum absolute atomic E-state index is 11.8. The van der Waals surface area contributed by atoms with E-state index in [-0.39, 0.29) is 18.6 Å². The SMILES string of the molecule is COc1cccc(COCC(=O)NC(C)c2ccc(C)o2)c1. The lowest BCUT2D eigenvalue weighted by atomic mass is 10.2. The van der Waals surface area contributed by atoms with Gasteiger partial charge in [0.1, 0.15) is 23.9 Å². The molecule has 1 aromatic carbocycles. The Morgan fingerprint density at radius 2 is 2.14 bits per heavy atom. The first-order chi connectivity index (χ1) is 10.6. The van der Waals surface area contributed by atoms with E-state index >= 15 is 0 Å². The van der Waals surface area contributed by atoms with Crippen molar-refractivity contribution in [2.75, 3.05) is 13.7 Å². The molecule has 0 aliphatic rings. The summed E-state index contributed by atoms with van der Waals surface area (Å²) in [5, 5.41) is 2.84. The molecule has 1 atom stereocenters. The molecular weight excluding hydrogens is 282 g/mol. The minimum Gasteiger partial charge on any atom is -0.497 e. The second-order valence-corrected chi connectivity index (χ2v) is 5.08. The van der Waals surface area contributed by atoms with Crippen molar-refractivity contribution >= 4 is 5.91 Å². The van der Waals surface area contributed by atoms with Crippen molar-refractivity contribution in [3.63, 3.8) is 0 Å². The summed E-state index contributed by atoms with van der Waals surface area (Å²) in [6, 6.07) is 11.1. The van der Waals surface area contributed by atoms with Gasteiger partial charge >= 0.3 is 0 Å². The number of aryl methyl sites for hydroxylation is 1. The Bertz CT molecular complexity index is 621. The van der Waals surface area contributed by atoms with E-state index in [1.165, 1.54) is 0 Å². The van der Waals surface area contributed by atoms with E-state index in [9.17, 15) is 4.79 Å². The Morgan fingerprint density at radius 1 is 1.32 bits per heavy atom. The average Bonchev–Trinajstić information content (AvgIpc) is 2.94. The molecule has 0 aliphatic heterocycles. The van der Waals surface area contributed by atoms with E-state index < -0.39 is 0 Å². The van der Waals surface area contributed by atoms with Crippen LogP contribution >= 0.6 is 0 Å². The second-order valence-electron chi connectivity index (χ2n) is 5.08. The highest BCUT2D eigenvalue weighted by Gasteiger charge is 2.12. The second kappa shape index (κ2) is 7.66. The van der Waals surface area contributed by atoms with Crippen LogP contribution in [0.25, 0.3) is 0 Å². The number of carbonyl (C=O) groups is 1.